The molecule has 0 aliphatic carbocycles. The van der Waals surface area contributed by atoms with Gasteiger partial charge in [-0.1, -0.05) is 6.07 Å². The Hall–Kier alpha value is -3.15. The van der Waals surface area contributed by atoms with Gasteiger partial charge in [0.1, 0.15) is 5.75 Å². The molecular weight excluding hydrogens is 621 g/mol. The van der Waals surface area contributed by atoms with Crippen LogP contribution < -0.4 is 15.4 Å². The van der Waals surface area contributed by atoms with Crippen LogP contribution >= 0.6 is 20.1 Å². The normalized spacial score (nSPS) is 15.7. The first kappa shape index (κ1) is 29.8. The molecule has 0 spiro atoms. The van der Waals surface area contributed by atoms with E-state index in [-0.39, 0.29) is 25.0 Å². The predicted molar refractivity (Wildman–Crippen MR) is 168 cm³/mol. The molecule has 3 N–H and O–H groups in total. The van der Waals surface area contributed by atoms with E-state index >= 15 is 0 Å². The van der Waals surface area contributed by atoms with Gasteiger partial charge < -0.3 is 15.2 Å². The summed E-state index contributed by atoms with van der Waals surface area (Å²) in [5.41, 5.74) is 4.71. The van der Waals surface area contributed by atoms with Crippen molar-refractivity contribution in [2.75, 3.05) is 40.7 Å². The zero-order valence-electron chi connectivity index (χ0n) is 23.3. The van der Waals surface area contributed by atoms with Crippen molar-refractivity contribution in [2.24, 2.45) is 0 Å². The van der Waals surface area contributed by atoms with Gasteiger partial charge in [0.05, 0.1) is 13.7 Å². The number of carbonyl (C=O) groups excluding carboxylic acids is 2. The van der Waals surface area contributed by atoms with Gasteiger partial charge in [-0.3, -0.25) is 4.79 Å². The summed E-state index contributed by atoms with van der Waals surface area (Å²) in [5.74, 6) is 0.378. The number of carbonyl (C=O) groups is 2. The van der Waals surface area contributed by atoms with Gasteiger partial charge in [0.2, 0.25) is 0 Å². The molecule has 1 aliphatic heterocycles. The molecule has 9 heteroatoms. The molecule has 3 aromatic rings. The average Bonchev–Trinajstić information content (AvgIpc) is 2.96. The van der Waals surface area contributed by atoms with Crippen molar-refractivity contribution in [3.8, 4) is 16.9 Å². The van der Waals surface area contributed by atoms with Crippen LogP contribution in [-0.2, 0) is 22.6 Å². The Morgan fingerprint density at radius 1 is 1.05 bits per heavy atom. The number of methoxy groups -OCH3 is 1. The van der Waals surface area contributed by atoms with E-state index in [0.717, 1.165) is 42.6 Å². The molecule has 4 rings (SSSR count). The fraction of sp³-hybridized carbons (Fsp3) is 0.355. The molecule has 1 unspecified atom stereocenters. The number of aryl methyl sites for hydroxylation is 1. The minimum absolute atomic E-state index is 0.106. The molecule has 1 atom stereocenters. The number of hydrogen-bond donors (Lipinski definition) is 3. The summed E-state index contributed by atoms with van der Waals surface area (Å²) in [4.78, 5) is 30.3. The van der Waals surface area contributed by atoms with Crippen LogP contribution in [0, 0.1) is 0 Å². The summed E-state index contributed by atoms with van der Waals surface area (Å²) in [6.07, 6.45) is 2.11. The molecular formula is C31H38IN3O5. The van der Waals surface area contributed by atoms with Gasteiger partial charge in [-0.05, 0) is 6.07 Å². The molecule has 214 valence electrons. The SMILES string of the molecule is COc1cc(NC(=O)CCc2ccc(-c3ccccc3)c(NC(=O)OC3CCCN(I(C)C)C3)c2)ccc1CO. The number of amides is 2. The Balaban J connectivity index is 1.43. The van der Waals surface area contributed by atoms with Gasteiger partial charge in [-0.2, -0.15) is 0 Å². The number of rotatable bonds is 10. The standard InChI is InChI=1S/C31H38IN3O5/c1-32(2)35-17-7-10-26(20-35)40-31(38)34-28-18-22(11-15-27(28)23-8-5-4-6-9-23)12-16-30(37)33-25-14-13-24(21-36)29(19-25)39-3/h4-6,8-9,11,13-15,18-19,26,36H,7,10,12,16-17,20-21H2,1-3H3,(H,33,37)(H,34,38). The second-order valence-corrected chi connectivity index (χ2v) is 15.3. The fourth-order valence-electron chi connectivity index (χ4n) is 4.74. The summed E-state index contributed by atoms with van der Waals surface area (Å²) >= 11 is -1.11. The summed E-state index contributed by atoms with van der Waals surface area (Å²) in [7, 11) is 1.53. The van der Waals surface area contributed by atoms with Gasteiger partial charge in [-0.15, -0.1) is 0 Å². The van der Waals surface area contributed by atoms with Crippen LogP contribution in [0.15, 0.2) is 66.7 Å². The van der Waals surface area contributed by atoms with E-state index in [1.807, 2.05) is 48.5 Å². The second-order valence-electron chi connectivity index (χ2n) is 9.86. The molecule has 0 saturated carbocycles. The maximum atomic E-state index is 13.0. The van der Waals surface area contributed by atoms with Gasteiger partial charge in [0.25, 0.3) is 0 Å². The van der Waals surface area contributed by atoms with Gasteiger partial charge in [0, 0.05) is 17.3 Å². The number of benzene rings is 3. The van der Waals surface area contributed by atoms with E-state index in [9.17, 15) is 14.7 Å². The number of nitrogens with one attached hydrogen (secondary N) is 2. The van der Waals surface area contributed by atoms with Crippen molar-refractivity contribution < 1.29 is 24.2 Å². The Bertz CT molecular complexity index is 1300. The van der Waals surface area contributed by atoms with E-state index in [1.165, 1.54) is 7.11 Å². The van der Waals surface area contributed by atoms with Crippen LogP contribution in [0.3, 0.4) is 0 Å². The number of ether oxygens (including phenoxy) is 2. The first-order valence-electron chi connectivity index (χ1n) is 13.3. The minimum atomic E-state index is -1.11. The number of piperidine rings is 1. The smallest absolute Gasteiger partial charge is 0.0718 e. The Labute approximate surface area is 243 Å². The number of nitrogens with zero attached hydrogens (tertiary/aromatic N) is 1. The predicted octanol–water partition coefficient (Wildman–Crippen LogP) is 6.12. The number of alkyl halides is 2. The minimum Gasteiger partial charge on any atom is -0.392 e. The molecule has 1 aliphatic rings. The van der Waals surface area contributed by atoms with Crippen LogP contribution in [-0.4, -0.2) is 56.4 Å². The molecule has 0 aromatic heterocycles. The number of anilines is 2. The quantitative estimate of drug-likeness (QED) is 0.138. The van der Waals surface area contributed by atoms with Gasteiger partial charge in [0.15, 0.2) is 0 Å². The second kappa shape index (κ2) is 14.5. The summed E-state index contributed by atoms with van der Waals surface area (Å²) < 4.78 is 13.6. The molecule has 0 radical (unpaired) electrons. The maximum absolute atomic E-state index is 13.0. The summed E-state index contributed by atoms with van der Waals surface area (Å²) in [6, 6.07) is 20.9. The van der Waals surface area contributed by atoms with Crippen LogP contribution in [0.25, 0.3) is 11.1 Å². The Morgan fingerprint density at radius 3 is 2.58 bits per heavy atom. The van der Waals surface area contributed by atoms with Crippen LogP contribution in [0.5, 0.6) is 5.75 Å². The van der Waals surface area contributed by atoms with Crippen LogP contribution in [0.4, 0.5) is 16.2 Å². The zero-order valence-corrected chi connectivity index (χ0v) is 25.4. The largest absolute Gasteiger partial charge is 0.392 e. The monoisotopic (exact) mass is 659 g/mol. The van der Waals surface area contributed by atoms with Crippen molar-refractivity contribution in [1.82, 2.24) is 3.11 Å². The van der Waals surface area contributed by atoms with Crippen molar-refractivity contribution in [3.05, 3.63) is 77.9 Å². The molecule has 40 heavy (non-hydrogen) atoms. The summed E-state index contributed by atoms with van der Waals surface area (Å²) in [6.45, 7) is 1.76. The van der Waals surface area contributed by atoms with Gasteiger partial charge in [-0.25, -0.2) is 0 Å². The Morgan fingerprint density at radius 2 is 1.85 bits per heavy atom. The number of hydrogen-bond acceptors (Lipinski definition) is 6. The first-order chi connectivity index (χ1) is 19.4. The van der Waals surface area contributed by atoms with Gasteiger partial charge >= 0.3 is 176 Å². The van der Waals surface area contributed by atoms with E-state index in [4.69, 9.17) is 9.47 Å². The summed E-state index contributed by atoms with van der Waals surface area (Å²) in [5, 5.41) is 15.3. The molecule has 1 heterocycles. The number of halogens is 1. The third-order valence-corrected chi connectivity index (χ3v) is 10.5. The maximum Gasteiger partial charge on any atom is 0.0718 e. The number of aliphatic hydroxyl groups excluding tert-OH is 1. The molecule has 1 fully saturated rings. The van der Waals surface area contributed by atoms with E-state index in [2.05, 4.69) is 23.6 Å². The fourth-order valence-corrected chi connectivity index (χ4v) is 7.28. The van der Waals surface area contributed by atoms with Crippen LogP contribution in [0.1, 0.15) is 30.4 Å². The molecule has 0 bridgehead atoms. The Kier molecular flexibility index (Phi) is 10.8. The average molecular weight is 660 g/mol. The molecule has 8 nitrogen and oxygen atoms in total. The van der Waals surface area contributed by atoms with E-state index in [1.54, 1.807) is 18.2 Å². The zero-order chi connectivity index (χ0) is 28.5. The number of aliphatic hydroxyl groups is 1. The molecule has 1 saturated heterocycles. The van der Waals surface area contributed by atoms with Crippen molar-refractivity contribution in [3.63, 3.8) is 0 Å². The van der Waals surface area contributed by atoms with E-state index in [0.29, 0.717) is 29.1 Å². The van der Waals surface area contributed by atoms with E-state index < -0.39 is 26.2 Å². The molecule has 2 amide bonds. The molecule has 3 aromatic carbocycles. The van der Waals surface area contributed by atoms with Crippen molar-refractivity contribution in [1.29, 1.82) is 0 Å². The first-order valence-corrected chi connectivity index (χ1v) is 18.6. The van der Waals surface area contributed by atoms with Crippen molar-refractivity contribution in [2.45, 2.75) is 38.4 Å². The van der Waals surface area contributed by atoms with Crippen molar-refractivity contribution >= 4 is 43.5 Å². The third kappa shape index (κ3) is 8.18. The third-order valence-electron chi connectivity index (χ3n) is 6.87. The topological polar surface area (TPSA) is 100 Å². The van der Waals surface area contributed by atoms with Crippen LogP contribution in [0.2, 0.25) is 0 Å².